The maximum atomic E-state index is 14.6. The second-order valence-electron chi connectivity index (χ2n) is 15.1. The summed E-state index contributed by atoms with van der Waals surface area (Å²) in [5.74, 6) is -11.5. The van der Waals surface area contributed by atoms with Crippen molar-refractivity contribution in [2.75, 3.05) is 59.9 Å². The number of hydrazine groups is 2. The fourth-order valence-electron chi connectivity index (χ4n) is 7.46. The Morgan fingerprint density at radius 3 is 1.27 bits per heavy atom. The van der Waals surface area contributed by atoms with Crippen molar-refractivity contribution in [3.8, 4) is 0 Å². The van der Waals surface area contributed by atoms with Gasteiger partial charge in [-0.25, -0.2) is 27.2 Å². The number of carbonyl (C=O) groups excluding carboxylic acids is 2. The molecule has 0 radical (unpaired) electrons. The topological polar surface area (TPSA) is 239 Å². The minimum Gasteiger partial charge on any atom is -0.465 e. The molecule has 0 unspecified atom stereocenters. The van der Waals surface area contributed by atoms with E-state index in [4.69, 9.17) is 33.4 Å². The Bertz CT molecular complexity index is 1730. The molecule has 0 bridgehead atoms. The number of nitrogens with zero attached hydrogens (tertiary/aromatic N) is 6. The van der Waals surface area contributed by atoms with Gasteiger partial charge in [0.2, 0.25) is 34.0 Å². The highest BCUT2D eigenvalue weighted by Crippen LogP contribution is 2.36. The number of hydrogen-bond acceptors (Lipinski definition) is 12. The van der Waals surface area contributed by atoms with Crippen molar-refractivity contribution in [1.29, 1.82) is 0 Å². The van der Waals surface area contributed by atoms with Crippen LogP contribution in [0.25, 0.3) is 0 Å². The summed E-state index contributed by atoms with van der Waals surface area (Å²) in [6.07, 6.45) is 6.55. The first kappa shape index (κ1) is 46.1. The number of anilines is 4. The van der Waals surface area contributed by atoms with E-state index in [1.807, 2.05) is 0 Å². The monoisotopic (exact) mass is 900 g/mol. The minimum absolute atomic E-state index is 0.0968. The van der Waals surface area contributed by atoms with Gasteiger partial charge in [0.1, 0.15) is 0 Å². The first-order chi connectivity index (χ1) is 28.3. The molecule has 4 heterocycles. The Balaban J connectivity index is 0.000000228. The normalized spacial score (nSPS) is 19.1. The Morgan fingerprint density at radius 2 is 0.967 bits per heavy atom. The van der Waals surface area contributed by atoms with Crippen molar-refractivity contribution in [3.63, 3.8) is 0 Å². The van der Waals surface area contributed by atoms with Crippen LogP contribution in [-0.4, -0.2) is 105 Å². The van der Waals surface area contributed by atoms with Crippen LogP contribution in [-0.2, 0) is 9.59 Å². The first-order valence-electron chi connectivity index (χ1n) is 19.1. The molecule has 18 nitrogen and oxygen atoms in total. The summed E-state index contributed by atoms with van der Waals surface area (Å²) >= 11 is 11.5. The maximum absolute atomic E-state index is 14.6. The van der Waals surface area contributed by atoms with Crippen molar-refractivity contribution in [2.24, 2.45) is 23.7 Å². The van der Waals surface area contributed by atoms with Crippen molar-refractivity contribution >= 4 is 70.5 Å². The van der Waals surface area contributed by atoms with E-state index < -0.39 is 109 Å². The van der Waals surface area contributed by atoms with Crippen LogP contribution in [0.4, 0.5) is 59.2 Å². The molecule has 2 aromatic rings. The molecule has 60 heavy (non-hydrogen) atoms. The summed E-state index contributed by atoms with van der Waals surface area (Å²) in [5.41, 5.74) is 9.23. The van der Waals surface area contributed by atoms with Gasteiger partial charge in [0.15, 0.2) is 23.3 Å². The molecule has 2 saturated heterocycles. The van der Waals surface area contributed by atoms with Crippen molar-refractivity contribution in [1.82, 2.24) is 41.4 Å². The highest BCUT2D eigenvalue weighted by molar-refractivity contribution is 6.28. The van der Waals surface area contributed by atoms with Crippen LogP contribution in [0.2, 0.25) is 10.6 Å². The number of aromatic nitrogens is 4. The molecule has 4 aliphatic rings. The lowest BCUT2D eigenvalue weighted by Crippen LogP contribution is -2.57. The maximum Gasteiger partial charge on any atom is 0.404 e. The Kier molecular flexibility index (Phi) is 15.4. The lowest BCUT2D eigenvalue weighted by atomic mass is 9.92. The van der Waals surface area contributed by atoms with Gasteiger partial charge in [-0.2, -0.15) is 28.7 Å². The number of carbonyl (C=O) groups is 4. The minimum atomic E-state index is -2.93. The number of amides is 4. The molecule has 2 atom stereocenters. The smallest absolute Gasteiger partial charge is 0.404 e. The first-order valence-corrected chi connectivity index (χ1v) is 19.8. The highest BCUT2D eigenvalue weighted by atomic mass is 35.5. The summed E-state index contributed by atoms with van der Waals surface area (Å²) in [5, 5.41) is 21.3. The molecule has 0 spiro atoms. The fraction of sp³-hybridized carbons (Fsp3) is 0.647. The second-order valence-corrected chi connectivity index (χ2v) is 15.8. The van der Waals surface area contributed by atoms with E-state index in [0.717, 1.165) is 61.2 Å². The SMILES string of the molecule is O=C(O)NC[C@@H](CC1CCCC1)C(=O)NNc1nc(Cl)nc(N2CC(F)(F)C2)c1F.O=C(O)NC[C@@H](CC1CCCC1)C(=O)NNc1nc(Cl)nc(N2CC(F)(F)C2)c1F. The Labute approximate surface area is 348 Å². The van der Waals surface area contributed by atoms with Gasteiger partial charge in [-0.1, -0.05) is 51.4 Å². The van der Waals surface area contributed by atoms with E-state index in [1.165, 1.54) is 0 Å². The van der Waals surface area contributed by atoms with Gasteiger partial charge in [-0.05, 0) is 47.9 Å². The quantitative estimate of drug-likeness (QED) is 0.0610. The molecule has 332 valence electrons. The van der Waals surface area contributed by atoms with E-state index in [2.05, 4.69) is 52.3 Å². The largest absolute Gasteiger partial charge is 0.465 e. The molecule has 4 fully saturated rings. The molecule has 6 rings (SSSR count). The number of rotatable bonds is 16. The summed E-state index contributed by atoms with van der Waals surface area (Å²) in [6.45, 7) is -3.00. The van der Waals surface area contributed by atoms with Crippen molar-refractivity contribution in [3.05, 3.63) is 22.2 Å². The van der Waals surface area contributed by atoms with Gasteiger partial charge in [0.05, 0.1) is 38.0 Å². The zero-order chi connectivity index (χ0) is 43.8. The van der Waals surface area contributed by atoms with Gasteiger partial charge in [0, 0.05) is 13.1 Å². The van der Waals surface area contributed by atoms with Crippen LogP contribution in [0.15, 0.2) is 0 Å². The zero-order valence-corrected chi connectivity index (χ0v) is 33.4. The molecule has 8 N–H and O–H groups in total. The molecular weight excluding hydrogens is 857 g/mol. The van der Waals surface area contributed by atoms with E-state index in [0.29, 0.717) is 24.7 Å². The molecule has 2 aromatic heterocycles. The third-order valence-corrected chi connectivity index (χ3v) is 10.8. The van der Waals surface area contributed by atoms with Gasteiger partial charge in [0.25, 0.3) is 11.8 Å². The van der Waals surface area contributed by atoms with Crippen LogP contribution in [0.3, 0.4) is 0 Å². The molecule has 0 aromatic carbocycles. The molecular formula is C34H44Cl2F6N12O6. The predicted octanol–water partition coefficient (Wildman–Crippen LogP) is 5.26. The molecule has 2 saturated carbocycles. The van der Waals surface area contributed by atoms with E-state index >= 15 is 0 Å². The fourth-order valence-corrected chi connectivity index (χ4v) is 7.78. The van der Waals surface area contributed by atoms with Gasteiger partial charge in [-0.15, -0.1) is 0 Å². The van der Waals surface area contributed by atoms with E-state index in [-0.39, 0.29) is 23.7 Å². The zero-order valence-electron chi connectivity index (χ0n) is 31.9. The van der Waals surface area contributed by atoms with Crippen molar-refractivity contribution in [2.45, 2.75) is 76.1 Å². The second kappa shape index (κ2) is 20.0. The predicted molar refractivity (Wildman–Crippen MR) is 204 cm³/mol. The molecule has 2 aliphatic carbocycles. The van der Waals surface area contributed by atoms with Crippen LogP contribution in [0.1, 0.15) is 64.2 Å². The summed E-state index contributed by atoms with van der Waals surface area (Å²) in [6, 6.07) is 0. The lowest BCUT2D eigenvalue weighted by Gasteiger charge is -2.39. The van der Waals surface area contributed by atoms with E-state index in [1.54, 1.807) is 0 Å². The Morgan fingerprint density at radius 1 is 0.633 bits per heavy atom. The number of alkyl halides is 4. The summed E-state index contributed by atoms with van der Waals surface area (Å²) in [4.78, 5) is 63.4. The van der Waals surface area contributed by atoms with Gasteiger partial charge in [-0.3, -0.25) is 31.3 Å². The number of halogens is 8. The number of carboxylic acid groups (broad SMARTS) is 2. The highest BCUT2D eigenvalue weighted by Gasteiger charge is 2.47. The third-order valence-electron chi connectivity index (χ3n) is 10.4. The Hall–Kier alpha value is -5.00. The molecule has 2 aliphatic heterocycles. The molecule has 4 amide bonds. The number of hydrogen-bond donors (Lipinski definition) is 8. The van der Waals surface area contributed by atoms with E-state index in [9.17, 15) is 45.5 Å². The van der Waals surface area contributed by atoms with Gasteiger partial charge >= 0.3 is 12.2 Å². The van der Waals surface area contributed by atoms with Crippen LogP contribution < -0.4 is 42.1 Å². The van der Waals surface area contributed by atoms with Crippen LogP contribution in [0.5, 0.6) is 0 Å². The third kappa shape index (κ3) is 13.0. The van der Waals surface area contributed by atoms with Crippen LogP contribution in [0, 0.1) is 35.3 Å². The molecule has 26 heteroatoms. The van der Waals surface area contributed by atoms with Crippen LogP contribution >= 0.6 is 23.2 Å². The summed E-state index contributed by atoms with van der Waals surface area (Å²) in [7, 11) is 0. The van der Waals surface area contributed by atoms with Gasteiger partial charge < -0.3 is 30.6 Å². The average molecular weight is 902 g/mol. The summed E-state index contributed by atoms with van der Waals surface area (Å²) < 4.78 is 81.6. The average Bonchev–Trinajstić information content (AvgIpc) is 3.88. The lowest BCUT2D eigenvalue weighted by molar-refractivity contribution is -0.125. The number of nitrogens with one attached hydrogen (secondary N) is 6. The van der Waals surface area contributed by atoms with Crippen molar-refractivity contribution < 1.29 is 55.7 Å². The standard InChI is InChI=1S/2C17H22ClF3N6O3/c2*18-15-23-12(11(19)13(24-15)27-7-17(20,21)8-27)25-26-14(28)10(6-22-16(29)30)5-9-3-1-2-4-9/h2*9-10,22H,1-8H2,(H,26,28)(H,29,30)(H,23,24,25)/t2*10-/m11/s1.